The molecule has 1 rings (SSSR count). The van der Waals surface area contributed by atoms with Gasteiger partial charge in [-0.3, -0.25) is 0 Å². The molecule has 0 heterocycles. The molecule has 0 aromatic heterocycles. The smallest absolute Gasteiger partial charge is 0.174 e. The van der Waals surface area contributed by atoms with Crippen LogP contribution in [0.4, 0.5) is 0 Å². The lowest BCUT2D eigenvalue weighted by molar-refractivity contribution is 0.209. The molecule has 0 N–H and O–H groups in total. The first kappa shape index (κ1) is 9.58. The average Bonchev–Trinajstić information content (AvgIpc) is 2.15. The fraction of sp³-hybridized carbons (Fsp3) is 0.300. The van der Waals surface area contributed by atoms with E-state index in [0.29, 0.717) is 0 Å². The first-order valence-electron chi connectivity index (χ1n) is 4.09. The Balaban J connectivity index is 2.96. The molecule has 0 spiro atoms. The van der Waals surface area contributed by atoms with E-state index in [1.165, 1.54) is 0 Å². The molecular weight excluding hydrogens is 164 g/mol. The van der Waals surface area contributed by atoms with Gasteiger partial charge in [0.15, 0.2) is 5.84 Å². The van der Waals surface area contributed by atoms with E-state index < -0.39 is 0 Å². The summed E-state index contributed by atoms with van der Waals surface area (Å²) in [7, 11) is 5.42. The van der Waals surface area contributed by atoms with Crippen LogP contribution in [-0.2, 0) is 4.84 Å². The maximum Gasteiger partial charge on any atom is 0.174 e. The molecule has 0 radical (unpaired) electrons. The summed E-state index contributed by atoms with van der Waals surface area (Å²) in [6.07, 6.45) is 0. The highest BCUT2D eigenvalue weighted by molar-refractivity contribution is 5.98. The Morgan fingerprint density at radius 2 is 1.85 bits per heavy atom. The molecule has 1 aromatic rings. The van der Waals surface area contributed by atoms with Crippen LogP contribution in [0.1, 0.15) is 5.56 Å². The summed E-state index contributed by atoms with van der Waals surface area (Å²) in [5, 5.41) is 3.94. The van der Waals surface area contributed by atoms with Crippen LogP contribution in [0, 0.1) is 0 Å². The molecule has 0 saturated heterocycles. The molecule has 70 valence electrons. The van der Waals surface area contributed by atoms with E-state index in [0.717, 1.165) is 11.4 Å². The van der Waals surface area contributed by atoms with Gasteiger partial charge in [0.2, 0.25) is 0 Å². The molecule has 0 aliphatic heterocycles. The molecule has 0 aliphatic carbocycles. The second-order valence-electron chi connectivity index (χ2n) is 2.86. The first-order chi connectivity index (χ1) is 6.25. The van der Waals surface area contributed by atoms with Gasteiger partial charge in [0, 0.05) is 19.7 Å². The van der Waals surface area contributed by atoms with Gasteiger partial charge >= 0.3 is 0 Å². The molecule has 1 aromatic carbocycles. The zero-order chi connectivity index (χ0) is 9.68. The summed E-state index contributed by atoms with van der Waals surface area (Å²) in [5.74, 6) is 0.822. The molecule has 0 saturated carbocycles. The summed E-state index contributed by atoms with van der Waals surface area (Å²) < 4.78 is 0. The second-order valence-corrected chi connectivity index (χ2v) is 2.86. The third-order valence-corrected chi connectivity index (χ3v) is 1.63. The van der Waals surface area contributed by atoms with Gasteiger partial charge in [0.05, 0.1) is 0 Å². The van der Waals surface area contributed by atoms with Crippen LogP contribution >= 0.6 is 0 Å². The molecule has 3 heteroatoms. The van der Waals surface area contributed by atoms with E-state index in [4.69, 9.17) is 4.84 Å². The fourth-order valence-electron chi connectivity index (χ4n) is 1.07. The number of rotatable bonds is 2. The van der Waals surface area contributed by atoms with Gasteiger partial charge in [0.25, 0.3) is 0 Å². The Morgan fingerprint density at radius 3 is 2.31 bits per heavy atom. The highest BCUT2D eigenvalue weighted by Crippen LogP contribution is 2.03. The normalized spacial score (nSPS) is 11.2. The van der Waals surface area contributed by atoms with Gasteiger partial charge in [-0.25, -0.2) is 0 Å². The second kappa shape index (κ2) is 4.50. The largest absolute Gasteiger partial charge is 0.397 e. The summed E-state index contributed by atoms with van der Waals surface area (Å²) in [4.78, 5) is 6.68. The molecule has 0 amide bonds. The lowest BCUT2D eigenvalue weighted by atomic mass is 10.2. The van der Waals surface area contributed by atoms with Crippen molar-refractivity contribution in [3.8, 4) is 0 Å². The van der Waals surface area contributed by atoms with Crippen molar-refractivity contribution in [3.63, 3.8) is 0 Å². The maximum absolute atomic E-state index is 4.77. The van der Waals surface area contributed by atoms with Gasteiger partial charge in [-0.2, -0.15) is 0 Å². The zero-order valence-electron chi connectivity index (χ0n) is 8.19. The van der Waals surface area contributed by atoms with Gasteiger partial charge in [-0.1, -0.05) is 35.5 Å². The van der Waals surface area contributed by atoms with Gasteiger partial charge < -0.3 is 9.74 Å². The maximum atomic E-state index is 4.77. The number of nitrogens with zero attached hydrogens (tertiary/aromatic N) is 2. The van der Waals surface area contributed by atoms with Crippen LogP contribution in [0.3, 0.4) is 0 Å². The Labute approximate surface area is 78.6 Å². The Bertz CT molecular complexity index is 280. The molecule has 0 aliphatic rings. The van der Waals surface area contributed by atoms with Crippen molar-refractivity contribution in [3.05, 3.63) is 35.9 Å². The third-order valence-electron chi connectivity index (χ3n) is 1.63. The lowest BCUT2D eigenvalue weighted by Gasteiger charge is -2.14. The van der Waals surface area contributed by atoms with E-state index >= 15 is 0 Å². The topological polar surface area (TPSA) is 24.8 Å². The number of hydrogen-bond acceptors (Lipinski definition) is 2. The van der Waals surface area contributed by atoms with Crippen molar-refractivity contribution in [2.45, 2.75) is 0 Å². The highest BCUT2D eigenvalue weighted by atomic mass is 16.6. The summed E-state index contributed by atoms with van der Waals surface area (Å²) in [5.41, 5.74) is 1.05. The quantitative estimate of drug-likeness (QED) is 0.390. The van der Waals surface area contributed by atoms with Crippen LogP contribution in [0.15, 0.2) is 35.5 Å². The average molecular weight is 178 g/mol. The Hall–Kier alpha value is -1.51. The van der Waals surface area contributed by atoms with Crippen LogP contribution < -0.4 is 0 Å². The summed E-state index contributed by atoms with van der Waals surface area (Å²) in [6, 6.07) is 9.92. The predicted molar refractivity (Wildman–Crippen MR) is 53.7 cm³/mol. The Kier molecular flexibility index (Phi) is 3.31. The van der Waals surface area contributed by atoms with Crippen LogP contribution in [0.25, 0.3) is 0 Å². The Morgan fingerprint density at radius 1 is 1.23 bits per heavy atom. The van der Waals surface area contributed by atoms with Crippen molar-refractivity contribution >= 4 is 5.84 Å². The standard InChI is InChI=1S/C10H14N2O/c1-12(2)10(11-13-3)9-7-5-4-6-8-9/h4-8H,1-3H3/b11-10+. The summed E-state index contributed by atoms with van der Waals surface area (Å²) >= 11 is 0. The van der Waals surface area contributed by atoms with Crippen molar-refractivity contribution in [1.82, 2.24) is 4.90 Å². The minimum atomic E-state index is 0.822. The summed E-state index contributed by atoms with van der Waals surface area (Å²) in [6.45, 7) is 0. The number of benzene rings is 1. The fourth-order valence-corrected chi connectivity index (χ4v) is 1.07. The van der Waals surface area contributed by atoms with E-state index in [1.54, 1.807) is 7.11 Å². The van der Waals surface area contributed by atoms with Crippen molar-refractivity contribution in [2.75, 3.05) is 21.2 Å². The number of hydrogen-bond donors (Lipinski definition) is 0. The molecule has 0 unspecified atom stereocenters. The molecule has 3 nitrogen and oxygen atoms in total. The number of amidine groups is 1. The van der Waals surface area contributed by atoms with Crippen molar-refractivity contribution in [1.29, 1.82) is 0 Å². The van der Waals surface area contributed by atoms with Gasteiger partial charge in [-0.15, -0.1) is 0 Å². The van der Waals surface area contributed by atoms with Crippen molar-refractivity contribution in [2.24, 2.45) is 5.16 Å². The molecular formula is C10H14N2O. The van der Waals surface area contributed by atoms with Gasteiger partial charge in [0.1, 0.15) is 7.11 Å². The van der Waals surface area contributed by atoms with Crippen LogP contribution in [0.2, 0.25) is 0 Å². The monoisotopic (exact) mass is 178 g/mol. The first-order valence-corrected chi connectivity index (χ1v) is 4.09. The number of oxime groups is 1. The van der Waals surface area contributed by atoms with Crippen molar-refractivity contribution < 1.29 is 4.84 Å². The SMILES string of the molecule is CO/N=C(\c1ccccc1)N(C)C. The van der Waals surface area contributed by atoms with Gasteiger partial charge in [-0.05, 0) is 0 Å². The van der Waals surface area contributed by atoms with E-state index in [2.05, 4.69) is 5.16 Å². The van der Waals surface area contributed by atoms with Crippen LogP contribution in [0.5, 0.6) is 0 Å². The van der Waals surface area contributed by atoms with Crippen LogP contribution in [-0.4, -0.2) is 31.9 Å². The minimum absolute atomic E-state index is 0.822. The molecule has 0 bridgehead atoms. The molecule has 13 heavy (non-hydrogen) atoms. The highest BCUT2D eigenvalue weighted by Gasteiger charge is 2.04. The van der Waals surface area contributed by atoms with E-state index in [1.807, 2.05) is 49.3 Å². The zero-order valence-corrected chi connectivity index (χ0v) is 8.19. The molecule has 0 atom stereocenters. The van der Waals surface area contributed by atoms with E-state index in [-0.39, 0.29) is 0 Å². The third kappa shape index (κ3) is 2.47. The lowest BCUT2D eigenvalue weighted by Crippen LogP contribution is -2.23. The predicted octanol–water partition coefficient (Wildman–Crippen LogP) is 1.56. The minimum Gasteiger partial charge on any atom is -0.397 e. The van der Waals surface area contributed by atoms with E-state index in [9.17, 15) is 0 Å². The molecule has 0 fully saturated rings.